The molecule has 0 aliphatic carbocycles. The van der Waals surface area contributed by atoms with Crippen molar-refractivity contribution in [2.24, 2.45) is 0 Å². The van der Waals surface area contributed by atoms with Crippen LogP contribution in [0, 0.1) is 0 Å². The van der Waals surface area contributed by atoms with Crippen LogP contribution >= 0.6 is 0 Å². The summed E-state index contributed by atoms with van der Waals surface area (Å²) in [6.07, 6.45) is 5.01. The molecule has 222 valence electrons. The molecule has 6 rings (SSSR count). The molecule has 13 heteroatoms. The summed E-state index contributed by atoms with van der Waals surface area (Å²) in [5.74, 6) is 1.37. The number of sulfone groups is 1. The zero-order valence-electron chi connectivity index (χ0n) is 24.2. The minimum atomic E-state index is -3.46. The van der Waals surface area contributed by atoms with E-state index in [9.17, 15) is 8.42 Å². The molecule has 12 nitrogen and oxygen atoms in total. The molecule has 0 bridgehead atoms. The normalized spacial score (nSPS) is 17.5. The fourth-order valence-electron chi connectivity index (χ4n) is 5.78. The number of piperazine rings is 1. The number of H-pyrrole nitrogens is 1. The largest absolute Gasteiger partial charge is 0.494 e. The Kier molecular flexibility index (Phi) is 7.88. The van der Waals surface area contributed by atoms with Crippen molar-refractivity contribution in [1.82, 2.24) is 29.7 Å². The highest BCUT2D eigenvalue weighted by molar-refractivity contribution is 7.90. The van der Waals surface area contributed by atoms with E-state index < -0.39 is 9.84 Å². The second-order valence-corrected chi connectivity index (χ2v) is 12.9. The van der Waals surface area contributed by atoms with Crippen LogP contribution in [0.5, 0.6) is 5.75 Å². The van der Waals surface area contributed by atoms with Crippen LogP contribution in [0.25, 0.3) is 11.2 Å². The van der Waals surface area contributed by atoms with Crippen molar-refractivity contribution in [2.45, 2.75) is 23.8 Å². The number of aromatic amines is 1. The number of nitrogens with zero attached hydrogens (tertiary/aromatic N) is 6. The van der Waals surface area contributed by atoms with Crippen LogP contribution < -0.4 is 20.3 Å². The van der Waals surface area contributed by atoms with E-state index in [0.29, 0.717) is 46.1 Å². The molecule has 4 aromatic rings. The molecular formula is C29H37N9O3S. The molecule has 0 unspecified atom stereocenters. The number of aromatic nitrogens is 4. The smallest absolute Gasteiger partial charge is 0.231 e. The van der Waals surface area contributed by atoms with Gasteiger partial charge in [0.2, 0.25) is 5.95 Å². The van der Waals surface area contributed by atoms with Crippen molar-refractivity contribution in [3.8, 4) is 5.75 Å². The predicted molar refractivity (Wildman–Crippen MR) is 165 cm³/mol. The molecule has 0 atom stereocenters. The summed E-state index contributed by atoms with van der Waals surface area (Å²) in [7, 11) is 0.391. The van der Waals surface area contributed by atoms with Gasteiger partial charge in [-0.2, -0.15) is 9.97 Å². The van der Waals surface area contributed by atoms with Crippen LogP contribution in [0.4, 0.5) is 28.8 Å². The Morgan fingerprint density at radius 1 is 0.952 bits per heavy atom. The van der Waals surface area contributed by atoms with Gasteiger partial charge in [-0.1, -0.05) is 12.1 Å². The van der Waals surface area contributed by atoms with Crippen LogP contribution in [0.1, 0.15) is 12.8 Å². The van der Waals surface area contributed by atoms with E-state index in [1.165, 1.54) is 12.6 Å². The second kappa shape index (κ2) is 11.7. The first-order valence-electron chi connectivity index (χ1n) is 14.2. The third kappa shape index (κ3) is 5.98. The molecule has 3 N–H and O–H groups in total. The first kappa shape index (κ1) is 28.2. The number of methoxy groups -OCH3 is 1. The van der Waals surface area contributed by atoms with Crippen LogP contribution in [-0.4, -0.2) is 104 Å². The van der Waals surface area contributed by atoms with E-state index in [1.54, 1.807) is 31.4 Å². The zero-order chi connectivity index (χ0) is 29.3. The number of imidazole rings is 1. The molecule has 42 heavy (non-hydrogen) atoms. The standard InChI is InChI=1S/C29H37N9O3S/c1-36-14-16-38(17-15-36)20-10-12-37(13-11-20)21-8-9-22(24(18-21)41-2)33-29-34-27-26(30-19-31-27)28(35-29)32-23-6-4-5-7-25(23)42(3,39)40/h4-9,18-20H,10-17H2,1-3H3,(H3,30,31,32,33,34,35). The van der Waals surface area contributed by atoms with Gasteiger partial charge in [-0.25, -0.2) is 13.4 Å². The molecule has 2 saturated heterocycles. The molecular weight excluding hydrogens is 554 g/mol. The van der Waals surface area contributed by atoms with E-state index in [1.807, 2.05) is 12.1 Å². The number of rotatable bonds is 8. The summed E-state index contributed by atoms with van der Waals surface area (Å²) in [5, 5.41) is 6.43. The van der Waals surface area contributed by atoms with Gasteiger partial charge in [0.1, 0.15) is 11.3 Å². The van der Waals surface area contributed by atoms with Crippen molar-refractivity contribution in [1.29, 1.82) is 0 Å². The number of benzene rings is 2. The van der Waals surface area contributed by atoms with Gasteiger partial charge in [0.15, 0.2) is 21.3 Å². The first-order chi connectivity index (χ1) is 20.3. The third-order valence-corrected chi connectivity index (χ3v) is 9.30. The summed E-state index contributed by atoms with van der Waals surface area (Å²) in [6, 6.07) is 13.5. The van der Waals surface area contributed by atoms with Gasteiger partial charge in [0, 0.05) is 63.3 Å². The molecule has 0 amide bonds. The minimum absolute atomic E-state index is 0.176. The monoisotopic (exact) mass is 591 g/mol. The summed E-state index contributed by atoms with van der Waals surface area (Å²) in [6.45, 7) is 6.62. The Labute approximate surface area is 246 Å². The summed E-state index contributed by atoms with van der Waals surface area (Å²) in [5.41, 5.74) is 3.25. The molecule has 2 aromatic carbocycles. The minimum Gasteiger partial charge on any atom is -0.494 e. The third-order valence-electron chi connectivity index (χ3n) is 8.14. The van der Waals surface area contributed by atoms with Crippen LogP contribution in [-0.2, 0) is 9.84 Å². The maximum Gasteiger partial charge on any atom is 0.231 e. The average Bonchev–Trinajstić information content (AvgIpc) is 3.47. The number of hydrogen-bond acceptors (Lipinski definition) is 11. The average molecular weight is 592 g/mol. The molecule has 2 aliphatic heterocycles. The van der Waals surface area contributed by atoms with Crippen molar-refractivity contribution >= 4 is 49.8 Å². The van der Waals surface area contributed by atoms with Gasteiger partial charge in [0.25, 0.3) is 0 Å². The number of likely N-dealkylation sites (N-methyl/N-ethyl adjacent to an activating group) is 1. The van der Waals surface area contributed by atoms with E-state index in [-0.39, 0.29) is 4.90 Å². The number of fused-ring (bicyclic) bond motifs is 1. The van der Waals surface area contributed by atoms with Crippen molar-refractivity contribution < 1.29 is 13.2 Å². The Balaban J connectivity index is 1.20. The van der Waals surface area contributed by atoms with Gasteiger partial charge in [-0.15, -0.1) is 0 Å². The maximum absolute atomic E-state index is 12.4. The van der Waals surface area contributed by atoms with Crippen LogP contribution in [0.3, 0.4) is 0 Å². The lowest BCUT2D eigenvalue weighted by atomic mass is 10.0. The van der Waals surface area contributed by atoms with Crippen molar-refractivity contribution in [3.05, 3.63) is 48.8 Å². The summed E-state index contributed by atoms with van der Waals surface area (Å²) >= 11 is 0. The SMILES string of the molecule is COc1cc(N2CCC(N3CCN(C)CC3)CC2)ccc1Nc1nc(Nc2ccccc2S(C)(=O)=O)c2[nH]cnc2n1. The molecule has 0 spiro atoms. The molecule has 2 aliphatic rings. The van der Waals surface area contributed by atoms with Gasteiger partial charge in [-0.05, 0) is 44.2 Å². The van der Waals surface area contributed by atoms with Crippen LogP contribution in [0.15, 0.2) is 53.7 Å². The number of anilines is 5. The van der Waals surface area contributed by atoms with E-state index in [2.05, 4.69) is 58.4 Å². The van der Waals surface area contributed by atoms with Crippen LogP contribution in [0.2, 0.25) is 0 Å². The summed E-state index contributed by atoms with van der Waals surface area (Å²) in [4.78, 5) is 24.2. The Hall–Kier alpha value is -3.94. The Morgan fingerprint density at radius 3 is 2.45 bits per heavy atom. The number of piperidine rings is 1. The topological polar surface area (TPSA) is 132 Å². The molecule has 0 saturated carbocycles. The van der Waals surface area contributed by atoms with E-state index in [0.717, 1.165) is 57.8 Å². The van der Waals surface area contributed by atoms with E-state index in [4.69, 9.17) is 4.74 Å². The number of ether oxygens (including phenoxy) is 1. The fraction of sp³-hybridized carbons (Fsp3) is 0.414. The second-order valence-electron chi connectivity index (χ2n) is 11.0. The lowest BCUT2D eigenvalue weighted by Gasteiger charge is -2.42. The quantitative estimate of drug-likeness (QED) is 0.278. The van der Waals surface area contributed by atoms with Crippen molar-refractivity contribution in [3.63, 3.8) is 0 Å². The number of para-hydroxylation sites is 1. The zero-order valence-corrected chi connectivity index (χ0v) is 25.0. The van der Waals surface area contributed by atoms with Gasteiger partial charge in [-0.3, -0.25) is 4.90 Å². The molecule has 0 radical (unpaired) electrons. The molecule has 2 aromatic heterocycles. The molecule has 4 heterocycles. The van der Waals surface area contributed by atoms with E-state index >= 15 is 0 Å². The molecule has 2 fully saturated rings. The Morgan fingerprint density at radius 2 is 1.71 bits per heavy atom. The Bertz CT molecular complexity index is 1660. The van der Waals surface area contributed by atoms with Gasteiger partial charge in [0.05, 0.1) is 29.7 Å². The highest BCUT2D eigenvalue weighted by Gasteiger charge is 2.27. The number of hydrogen-bond donors (Lipinski definition) is 3. The predicted octanol–water partition coefficient (Wildman–Crippen LogP) is 3.47. The lowest BCUT2D eigenvalue weighted by Crippen LogP contribution is -2.52. The van der Waals surface area contributed by atoms with Gasteiger partial charge < -0.3 is 30.2 Å². The van der Waals surface area contributed by atoms with Gasteiger partial charge >= 0.3 is 0 Å². The van der Waals surface area contributed by atoms with Crippen molar-refractivity contribution in [2.75, 3.05) is 75.2 Å². The first-order valence-corrected chi connectivity index (χ1v) is 16.1. The summed E-state index contributed by atoms with van der Waals surface area (Å²) < 4.78 is 30.5. The lowest BCUT2D eigenvalue weighted by molar-refractivity contribution is 0.0982. The fourth-order valence-corrected chi connectivity index (χ4v) is 6.62. The highest BCUT2D eigenvalue weighted by Crippen LogP contribution is 2.34. The maximum atomic E-state index is 12.4. The highest BCUT2D eigenvalue weighted by atomic mass is 32.2. The number of nitrogens with one attached hydrogen (secondary N) is 3.